The molecule has 2 aliphatic heterocycles. The molecule has 2 aromatic carbocycles. The number of hydrogen-bond donors (Lipinski definition) is 4. The fourth-order valence-corrected chi connectivity index (χ4v) is 6.55. The first-order valence-electron chi connectivity index (χ1n) is 18.6. The van der Waals surface area contributed by atoms with Crippen molar-refractivity contribution in [2.45, 2.75) is 26.3 Å². The van der Waals surface area contributed by atoms with E-state index in [0.717, 1.165) is 12.0 Å². The zero-order valence-electron chi connectivity index (χ0n) is 31.4. The number of carbonyl (C=O) groups excluding carboxylic acids is 3. The Hall–Kier alpha value is -5.10. The van der Waals surface area contributed by atoms with Crippen molar-refractivity contribution in [3.05, 3.63) is 59.7 Å². The minimum atomic E-state index is -1.02. The van der Waals surface area contributed by atoms with E-state index in [2.05, 4.69) is 5.32 Å². The Bertz CT molecular complexity index is 1590. The number of anilines is 1. The number of amides is 3. The molecular weight excluding hydrogens is 714 g/mol. The minimum absolute atomic E-state index is 0.0183. The van der Waals surface area contributed by atoms with E-state index in [4.69, 9.17) is 4.74 Å². The summed E-state index contributed by atoms with van der Waals surface area (Å²) < 4.78 is 5.89. The molecule has 17 nitrogen and oxygen atoms in total. The van der Waals surface area contributed by atoms with Gasteiger partial charge >= 0.3 is 17.9 Å². The van der Waals surface area contributed by atoms with Crippen molar-refractivity contribution in [3.63, 3.8) is 0 Å². The predicted octanol–water partition coefficient (Wildman–Crippen LogP) is 0.446. The van der Waals surface area contributed by atoms with Gasteiger partial charge in [-0.25, -0.2) is 0 Å². The number of benzene rings is 2. The van der Waals surface area contributed by atoms with Gasteiger partial charge in [-0.15, -0.1) is 0 Å². The quantitative estimate of drug-likeness (QED) is 0.162. The molecule has 17 heteroatoms. The third-order valence-corrected chi connectivity index (χ3v) is 9.38. The molecule has 0 aromatic heterocycles. The fraction of sp³-hybridized carbons (Fsp3) is 0.526. The van der Waals surface area contributed by atoms with Gasteiger partial charge in [0.25, 0.3) is 5.91 Å². The third kappa shape index (κ3) is 14.2. The zero-order chi connectivity index (χ0) is 39.7. The van der Waals surface area contributed by atoms with Gasteiger partial charge in [-0.05, 0) is 42.7 Å². The largest absolute Gasteiger partial charge is 0.494 e. The molecule has 0 aliphatic carbocycles. The summed E-state index contributed by atoms with van der Waals surface area (Å²) in [5, 5.41) is 31.1. The number of rotatable bonds is 17. The maximum absolute atomic E-state index is 13.3. The highest BCUT2D eigenvalue weighted by atomic mass is 16.5. The lowest BCUT2D eigenvalue weighted by Gasteiger charge is -2.32. The number of ether oxygens (including phenoxy) is 1. The predicted molar refractivity (Wildman–Crippen MR) is 202 cm³/mol. The van der Waals surface area contributed by atoms with Crippen molar-refractivity contribution in [2.75, 3.05) is 110 Å². The molecule has 2 aromatic rings. The Morgan fingerprint density at radius 3 is 1.73 bits per heavy atom. The lowest BCUT2D eigenvalue weighted by molar-refractivity contribution is -0.140. The lowest BCUT2D eigenvalue weighted by Crippen LogP contribution is -2.49. The Kier molecular flexibility index (Phi) is 16.8. The Morgan fingerprint density at radius 2 is 1.22 bits per heavy atom. The molecule has 300 valence electrons. The topological polar surface area (TPSA) is 204 Å². The summed E-state index contributed by atoms with van der Waals surface area (Å²) in [5.74, 6) is -2.95. The summed E-state index contributed by atoms with van der Waals surface area (Å²) >= 11 is 0. The Morgan fingerprint density at radius 1 is 0.709 bits per heavy atom. The summed E-state index contributed by atoms with van der Waals surface area (Å²) in [5.41, 5.74) is 1.97. The van der Waals surface area contributed by atoms with Gasteiger partial charge in [0.05, 0.1) is 50.6 Å². The monoisotopic (exact) mass is 767 g/mol. The van der Waals surface area contributed by atoms with E-state index in [-0.39, 0.29) is 50.4 Å². The van der Waals surface area contributed by atoms with Crippen LogP contribution in [0.2, 0.25) is 0 Å². The number of aliphatic carboxylic acids is 3. The number of nitrogens with one attached hydrogen (secondary N) is 1. The van der Waals surface area contributed by atoms with Crippen LogP contribution in [0.25, 0.3) is 0 Å². The van der Waals surface area contributed by atoms with Crippen LogP contribution in [0.1, 0.15) is 35.7 Å². The van der Waals surface area contributed by atoms with Gasteiger partial charge in [-0.2, -0.15) is 0 Å². The van der Waals surface area contributed by atoms with Crippen LogP contribution in [0, 0.1) is 0 Å². The standard InChI is InChI=1S/C38H53N7O10/c1-2-13-44-25-34(47)45(32-7-4-3-6-31(32)38(44)54)23-29-8-10-30(11-9-29)55-22-5-12-39-33(46)24-40-14-16-41(26-35(48)49)18-20-43(28-37(52)53)21-19-42(17-15-40)27-36(50)51/h3-4,6-11H,2,5,12-28H2,1H3,(H,39,46)(H,48,49)(H,50,51)(H,52,53). The molecular formula is C38H53N7O10. The molecule has 0 radical (unpaired) electrons. The molecule has 0 atom stereocenters. The van der Waals surface area contributed by atoms with Crippen LogP contribution in [-0.4, -0.2) is 180 Å². The molecule has 4 N–H and O–H groups in total. The molecule has 1 saturated heterocycles. The highest BCUT2D eigenvalue weighted by Crippen LogP contribution is 2.28. The van der Waals surface area contributed by atoms with Gasteiger partial charge in [0.15, 0.2) is 0 Å². The number of nitrogens with zero attached hydrogens (tertiary/aromatic N) is 6. The number of hydrogen-bond acceptors (Lipinski definition) is 11. The Labute approximate surface area is 321 Å². The normalized spacial score (nSPS) is 17.1. The minimum Gasteiger partial charge on any atom is -0.494 e. The second kappa shape index (κ2) is 21.7. The number of fused-ring (bicyclic) bond motifs is 1. The first-order valence-corrected chi connectivity index (χ1v) is 18.6. The smallest absolute Gasteiger partial charge is 0.317 e. The van der Waals surface area contributed by atoms with Crippen LogP contribution < -0.4 is 15.0 Å². The molecule has 1 fully saturated rings. The van der Waals surface area contributed by atoms with E-state index < -0.39 is 17.9 Å². The van der Waals surface area contributed by atoms with E-state index in [0.29, 0.717) is 102 Å². The van der Waals surface area contributed by atoms with Crippen LogP contribution in [0.15, 0.2) is 48.5 Å². The van der Waals surface area contributed by atoms with Crippen LogP contribution in [0.3, 0.4) is 0 Å². The van der Waals surface area contributed by atoms with E-state index in [9.17, 15) is 44.1 Å². The van der Waals surface area contributed by atoms with Gasteiger partial charge in [0.2, 0.25) is 11.8 Å². The van der Waals surface area contributed by atoms with Crippen LogP contribution in [0.5, 0.6) is 5.75 Å². The highest BCUT2D eigenvalue weighted by molar-refractivity contribution is 6.09. The highest BCUT2D eigenvalue weighted by Gasteiger charge is 2.31. The van der Waals surface area contributed by atoms with Crippen LogP contribution in [0.4, 0.5) is 5.69 Å². The first-order chi connectivity index (χ1) is 26.4. The maximum Gasteiger partial charge on any atom is 0.317 e. The van der Waals surface area contributed by atoms with Gasteiger partial charge in [0, 0.05) is 65.4 Å². The van der Waals surface area contributed by atoms with E-state index >= 15 is 0 Å². The van der Waals surface area contributed by atoms with Crippen molar-refractivity contribution < 1.29 is 48.8 Å². The number of carbonyl (C=O) groups is 6. The van der Waals surface area contributed by atoms with Crippen LogP contribution >= 0.6 is 0 Å². The van der Waals surface area contributed by atoms with Crippen LogP contribution in [-0.2, 0) is 30.5 Å². The van der Waals surface area contributed by atoms with Crippen molar-refractivity contribution >= 4 is 41.3 Å². The zero-order valence-corrected chi connectivity index (χ0v) is 31.4. The maximum atomic E-state index is 13.3. The molecule has 3 amide bonds. The molecule has 0 bridgehead atoms. The molecule has 2 aliphatic rings. The molecule has 55 heavy (non-hydrogen) atoms. The molecule has 4 rings (SSSR count). The van der Waals surface area contributed by atoms with Gasteiger partial charge in [0.1, 0.15) is 12.3 Å². The van der Waals surface area contributed by atoms with Gasteiger partial charge in [-0.3, -0.25) is 48.4 Å². The molecule has 0 spiro atoms. The Balaban J connectivity index is 1.26. The van der Waals surface area contributed by atoms with Crippen molar-refractivity contribution in [1.29, 1.82) is 0 Å². The van der Waals surface area contributed by atoms with Crippen molar-refractivity contribution in [2.24, 2.45) is 0 Å². The van der Waals surface area contributed by atoms with Gasteiger partial charge in [-0.1, -0.05) is 31.2 Å². The SMILES string of the molecule is CCCN1CC(=O)N(Cc2ccc(OCCCNC(=O)CN3CCN(CC(=O)O)CCN(CC(=O)O)CCN(CC(=O)O)CC3)cc2)c2ccccc2C1=O. The number of para-hydroxylation sites is 1. The van der Waals surface area contributed by atoms with E-state index in [1.165, 1.54) is 0 Å². The van der Waals surface area contributed by atoms with Crippen molar-refractivity contribution in [1.82, 2.24) is 29.8 Å². The molecule has 0 saturated carbocycles. The summed E-state index contributed by atoms with van der Waals surface area (Å²) in [6.45, 7) is 5.35. The number of carboxylic acid groups (broad SMARTS) is 3. The summed E-state index contributed by atoms with van der Waals surface area (Å²) in [7, 11) is 0. The second-order valence-electron chi connectivity index (χ2n) is 13.7. The number of carboxylic acids is 3. The molecule has 0 unspecified atom stereocenters. The van der Waals surface area contributed by atoms with E-state index in [1.807, 2.05) is 42.2 Å². The third-order valence-electron chi connectivity index (χ3n) is 9.38. The average molecular weight is 768 g/mol. The fourth-order valence-electron chi connectivity index (χ4n) is 6.55. The summed E-state index contributed by atoms with van der Waals surface area (Å²) in [6, 6.07) is 14.6. The summed E-state index contributed by atoms with van der Waals surface area (Å²) in [6.07, 6.45) is 1.28. The van der Waals surface area contributed by atoms with E-state index in [1.54, 1.807) is 42.7 Å². The molecule has 2 heterocycles. The van der Waals surface area contributed by atoms with Gasteiger partial charge < -0.3 is 35.2 Å². The second-order valence-corrected chi connectivity index (χ2v) is 13.7. The lowest BCUT2D eigenvalue weighted by atomic mass is 10.1. The first kappa shape index (κ1) is 42.6. The average Bonchev–Trinajstić information content (AvgIpc) is 3.23. The summed E-state index contributed by atoms with van der Waals surface area (Å²) in [4.78, 5) is 84.0. The van der Waals surface area contributed by atoms with Crippen molar-refractivity contribution in [3.8, 4) is 5.75 Å².